The number of halogens is 2. The molecule has 2 saturated heterocycles. The molecule has 1 spiro atoms. The lowest BCUT2D eigenvalue weighted by molar-refractivity contribution is -0.0835. The Kier molecular flexibility index (Phi) is 4.26. The first-order chi connectivity index (χ1) is 10.0. The van der Waals surface area contributed by atoms with Crippen LogP contribution in [0.2, 0.25) is 0 Å². The molecular formula is C16H21F2NOS. The average molecular weight is 313 g/mol. The zero-order valence-corrected chi connectivity index (χ0v) is 13.0. The summed E-state index contributed by atoms with van der Waals surface area (Å²) in [5.41, 5.74) is 7.12. The van der Waals surface area contributed by atoms with Crippen molar-refractivity contribution < 1.29 is 13.5 Å². The second-order valence-electron chi connectivity index (χ2n) is 6.24. The van der Waals surface area contributed by atoms with E-state index >= 15 is 0 Å². The van der Waals surface area contributed by atoms with Crippen molar-refractivity contribution >= 4 is 11.8 Å². The van der Waals surface area contributed by atoms with E-state index in [1.165, 1.54) is 0 Å². The summed E-state index contributed by atoms with van der Waals surface area (Å²) in [5.74, 6) is 1.26. The van der Waals surface area contributed by atoms with Crippen LogP contribution in [0.25, 0.3) is 0 Å². The van der Waals surface area contributed by atoms with Crippen molar-refractivity contribution in [3.63, 3.8) is 0 Å². The van der Waals surface area contributed by atoms with Crippen molar-refractivity contribution in [3.05, 3.63) is 34.9 Å². The molecule has 0 aromatic heterocycles. The summed E-state index contributed by atoms with van der Waals surface area (Å²) in [6, 6.07) is 2.11. The predicted octanol–water partition coefficient (Wildman–Crippen LogP) is 3.58. The SMILES string of the molecule is Cc1cc(C(N)C2CCOC3(CCSC3)C2)c(F)cc1F. The first kappa shape index (κ1) is 15.3. The number of aryl methyl sites for hydroxylation is 1. The third-order valence-electron chi connectivity index (χ3n) is 4.74. The average Bonchev–Trinajstić information content (AvgIpc) is 2.90. The summed E-state index contributed by atoms with van der Waals surface area (Å²) >= 11 is 1.91. The molecule has 1 aromatic rings. The van der Waals surface area contributed by atoms with E-state index in [-0.39, 0.29) is 11.5 Å². The van der Waals surface area contributed by atoms with E-state index in [0.717, 1.165) is 36.8 Å². The third-order valence-corrected chi connectivity index (χ3v) is 5.97. The van der Waals surface area contributed by atoms with Crippen LogP contribution in [-0.2, 0) is 4.74 Å². The van der Waals surface area contributed by atoms with E-state index in [9.17, 15) is 8.78 Å². The van der Waals surface area contributed by atoms with E-state index in [1.54, 1.807) is 13.0 Å². The van der Waals surface area contributed by atoms with Gasteiger partial charge in [0, 0.05) is 30.0 Å². The quantitative estimate of drug-likeness (QED) is 0.906. The van der Waals surface area contributed by atoms with Gasteiger partial charge in [0.1, 0.15) is 11.6 Å². The zero-order chi connectivity index (χ0) is 15.0. The van der Waals surface area contributed by atoms with Gasteiger partial charge in [-0.05, 0) is 49.5 Å². The minimum absolute atomic E-state index is 0.0727. The second kappa shape index (κ2) is 5.86. The van der Waals surface area contributed by atoms with Gasteiger partial charge in [-0.2, -0.15) is 11.8 Å². The molecule has 0 radical (unpaired) electrons. The van der Waals surface area contributed by atoms with Gasteiger partial charge in [0.2, 0.25) is 0 Å². The van der Waals surface area contributed by atoms with Crippen molar-refractivity contribution in [2.75, 3.05) is 18.1 Å². The minimum Gasteiger partial charge on any atom is -0.374 e. The molecule has 2 nitrogen and oxygen atoms in total. The Morgan fingerprint density at radius 1 is 1.38 bits per heavy atom. The van der Waals surface area contributed by atoms with E-state index < -0.39 is 17.7 Å². The molecular weight excluding hydrogens is 292 g/mol. The van der Waals surface area contributed by atoms with E-state index in [0.29, 0.717) is 17.7 Å². The fraction of sp³-hybridized carbons (Fsp3) is 0.625. The standard InChI is InChI=1S/C16H21F2NOS/c1-10-6-12(14(18)7-13(10)17)15(19)11-2-4-20-16(8-11)3-5-21-9-16/h6-7,11,15H,2-5,8-9,19H2,1H3. The number of benzene rings is 1. The Hall–Kier alpha value is -0.650. The maximum Gasteiger partial charge on any atom is 0.130 e. The molecule has 2 aliphatic heterocycles. The van der Waals surface area contributed by atoms with Crippen molar-refractivity contribution in [3.8, 4) is 0 Å². The number of hydrogen-bond acceptors (Lipinski definition) is 3. The lowest BCUT2D eigenvalue weighted by atomic mass is 9.79. The zero-order valence-electron chi connectivity index (χ0n) is 12.2. The number of thioether (sulfide) groups is 1. The molecule has 3 rings (SSSR count). The van der Waals surface area contributed by atoms with Gasteiger partial charge in [-0.3, -0.25) is 0 Å². The van der Waals surface area contributed by atoms with Crippen molar-refractivity contribution in [1.82, 2.24) is 0 Å². The van der Waals surface area contributed by atoms with Crippen LogP contribution in [0.4, 0.5) is 8.78 Å². The van der Waals surface area contributed by atoms with Gasteiger partial charge in [0.25, 0.3) is 0 Å². The van der Waals surface area contributed by atoms with Gasteiger partial charge < -0.3 is 10.5 Å². The molecule has 2 heterocycles. The maximum atomic E-state index is 14.0. The lowest BCUT2D eigenvalue weighted by Crippen LogP contribution is -2.43. The highest BCUT2D eigenvalue weighted by Crippen LogP contribution is 2.43. The fourth-order valence-corrected chi connectivity index (χ4v) is 4.80. The van der Waals surface area contributed by atoms with E-state index in [1.807, 2.05) is 11.8 Å². The van der Waals surface area contributed by atoms with Gasteiger partial charge in [-0.25, -0.2) is 8.78 Å². The van der Waals surface area contributed by atoms with Crippen LogP contribution in [0.5, 0.6) is 0 Å². The van der Waals surface area contributed by atoms with Crippen LogP contribution in [0.1, 0.15) is 36.4 Å². The molecule has 0 amide bonds. The molecule has 116 valence electrons. The maximum absolute atomic E-state index is 14.0. The normalized spacial score (nSPS) is 30.8. The lowest BCUT2D eigenvalue weighted by Gasteiger charge is -2.40. The molecule has 2 fully saturated rings. The van der Waals surface area contributed by atoms with Gasteiger partial charge in [0.05, 0.1) is 5.60 Å². The highest BCUT2D eigenvalue weighted by Gasteiger charge is 2.42. The van der Waals surface area contributed by atoms with Gasteiger partial charge in [0.15, 0.2) is 0 Å². The Morgan fingerprint density at radius 2 is 2.19 bits per heavy atom. The van der Waals surface area contributed by atoms with Gasteiger partial charge >= 0.3 is 0 Å². The predicted molar refractivity (Wildman–Crippen MR) is 81.4 cm³/mol. The fourth-order valence-electron chi connectivity index (χ4n) is 3.42. The van der Waals surface area contributed by atoms with Crippen LogP contribution in [0.3, 0.4) is 0 Å². The molecule has 2 aliphatic rings. The molecule has 3 unspecified atom stereocenters. The summed E-state index contributed by atoms with van der Waals surface area (Å²) in [4.78, 5) is 0. The summed E-state index contributed by atoms with van der Waals surface area (Å²) < 4.78 is 33.4. The van der Waals surface area contributed by atoms with Crippen molar-refractivity contribution in [2.45, 2.75) is 37.8 Å². The third kappa shape index (κ3) is 2.96. The topological polar surface area (TPSA) is 35.2 Å². The van der Waals surface area contributed by atoms with Crippen LogP contribution in [0, 0.1) is 24.5 Å². The smallest absolute Gasteiger partial charge is 0.130 e. The molecule has 0 bridgehead atoms. The molecule has 0 aliphatic carbocycles. The van der Waals surface area contributed by atoms with E-state index in [2.05, 4.69) is 0 Å². The molecule has 1 aromatic carbocycles. The van der Waals surface area contributed by atoms with Gasteiger partial charge in [-0.15, -0.1) is 0 Å². The Bertz CT molecular complexity index is 531. The second-order valence-corrected chi connectivity index (χ2v) is 7.34. The summed E-state index contributed by atoms with van der Waals surface area (Å²) in [6.07, 6.45) is 2.76. The van der Waals surface area contributed by atoms with Crippen LogP contribution >= 0.6 is 11.8 Å². The number of nitrogens with two attached hydrogens (primary N) is 1. The monoisotopic (exact) mass is 313 g/mol. The summed E-state index contributed by atoms with van der Waals surface area (Å²) in [5, 5.41) is 0. The summed E-state index contributed by atoms with van der Waals surface area (Å²) in [6.45, 7) is 2.32. The number of ether oxygens (including phenoxy) is 1. The molecule has 0 saturated carbocycles. The first-order valence-corrected chi connectivity index (χ1v) is 8.59. The van der Waals surface area contributed by atoms with Crippen LogP contribution < -0.4 is 5.73 Å². The van der Waals surface area contributed by atoms with Crippen molar-refractivity contribution in [1.29, 1.82) is 0 Å². The number of rotatable bonds is 2. The van der Waals surface area contributed by atoms with Gasteiger partial charge in [-0.1, -0.05) is 0 Å². The highest BCUT2D eigenvalue weighted by atomic mass is 32.2. The Morgan fingerprint density at radius 3 is 2.90 bits per heavy atom. The van der Waals surface area contributed by atoms with Crippen molar-refractivity contribution in [2.24, 2.45) is 11.7 Å². The minimum atomic E-state index is -0.535. The molecule has 3 atom stereocenters. The Labute approximate surface area is 128 Å². The number of hydrogen-bond donors (Lipinski definition) is 1. The van der Waals surface area contributed by atoms with Crippen LogP contribution in [0.15, 0.2) is 12.1 Å². The largest absolute Gasteiger partial charge is 0.374 e. The highest BCUT2D eigenvalue weighted by molar-refractivity contribution is 7.99. The molecule has 21 heavy (non-hydrogen) atoms. The van der Waals surface area contributed by atoms with Crippen LogP contribution in [-0.4, -0.2) is 23.7 Å². The Balaban J connectivity index is 1.81. The summed E-state index contributed by atoms with van der Waals surface area (Å²) in [7, 11) is 0. The first-order valence-electron chi connectivity index (χ1n) is 7.44. The molecule has 2 N–H and O–H groups in total. The molecule has 5 heteroatoms. The van der Waals surface area contributed by atoms with E-state index in [4.69, 9.17) is 10.5 Å².